The normalized spacial score (nSPS) is 11.3. The van der Waals surface area contributed by atoms with Crippen LogP contribution in [0.2, 0.25) is 0 Å². The smallest absolute Gasteiger partial charge is 0.276 e. The number of sulfonamides is 1. The molecule has 0 aliphatic rings. The Morgan fingerprint density at radius 3 is 2.48 bits per heavy atom. The summed E-state index contributed by atoms with van der Waals surface area (Å²) in [4.78, 5) is 13.7. The number of carbonyl (C=O) groups is 1. The highest BCUT2D eigenvalue weighted by molar-refractivity contribution is 7.92. The zero-order chi connectivity index (χ0) is 18.9. The van der Waals surface area contributed by atoms with Gasteiger partial charge in [-0.2, -0.15) is 5.10 Å². The van der Waals surface area contributed by atoms with Gasteiger partial charge in [0.05, 0.1) is 12.8 Å². The van der Waals surface area contributed by atoms with Crippen LogP contribution in [0.5, 0.6) is 5.75 Å². The standard InChI is InChI=1S/C16H22N4O4S/c1-10-7-8-12(24-6)13(9-10)25(22,23)18-14-11(2)20(5)17-15(14)16(21)19(3)4/h7-9,18H,1-6H3. The maximum absolute atomic E-state index is 12.9. The van der Waals surface area contributed by atoms with Gasteiger partial charge in [-0.05, 0) is 31.5 Å². The van der Waals surface area contributed by atoms with Gasteiger partial charge in [0.25, 0.3) is 15.9 Å². The monoisotopic (exact) mass is 366 g/mol. The Morgan fingerprint density at radius 2 is 1.92 bits per heavy atom. The Labute approximate surface area is 147 Å². The van der Waals surface area contributed by atoms with Crippen molar-refractivity contribution in [2.75, 3.05) is 25.9 Å². The summed E-state index contributed by atoms with van der Waals surface area (Å²) in [6.45, 7) is 3.47. The topological polar surface area (TPSA) is 93.5 Å². The maximum Gasteiger partial charge on any atom is 0.276 e. The number of hydrogen-bond donors (Lipinski definition) is 1. The lowest BCUT2D eigenvalue weighted by Gasteiger charge is -2.14. The average Bonchev–Trinajstić information content (AvgIpc) is 2.81. The fourth-order valence-electron chi connectivity index (χ4n) is 2.28. The number of nitrogens with one attached hydrogen (secondary N) is 1. The molecule has 0 fully saturated rings. The number of aromatic nitrogens is 2. The van der Waals surface area contributed by atoms with Crippen LogP contribution in [0.15, 0.2) is 23.1 Å². The SMILES string of the molecule is COc1ccc(C)cc1S(=O)(=O)Nc1c(C(=O)N(C)C)nn(C)c1C. The molecule has 1 amide bonds. The molecule has 0 aliphatic heterocycles. The molecule has 2 aromatic rings. The molecule has 1 aromatic carbocycles. The van der Waals surface area contributed by atoms with Gasteiger partial charge in [0.2, 0.25) is 0 Å². The van der Waals surface area contributed by atoms with E-state index >= 15 is 0 Å². The third kappa shape index (κ3) is 3.60. The number of amides is 1. The van der Waals surface area contributed by atoms with Gasteiger partial charge in [-0.15, -0.1) is 0 Å². The zero-order valence-corrected chi connectivity index (χ0v) is 15.9. The predicted molar refractivity (Wildman–Crippen MR) is 94.5 cm³/mol. The summed E-state index contributed by atoms with van der Waals surface area (Å²) in [5.41, 5.74) is 1.50. The molecule has 0 aliphatic carbocycles. The van der Waals surface area contributed by atoms with Gasteiger partial charge in [0.15, 0.2) is 5.69 Å². The Morgan fingerprint density at radius 1 is 1.28 bits per heavy atom. The van der Waals surface area contributed by atoms with Crippen molar-refractivity contribution < 1.29 is 17.9 Å². The van der Waals surface area contributed by atoms with Gasteiger partial charge in [0, 0.05) is 21.1 Å². The second-order valence-corrected chi connectivity index (χ2v) is 7.54. The van der Waals surface area contributed by atoms with Crippen LogP contribution in [-0.4, -0.2) is 50.2 Å². The number of benzene rings is 1. The number of hydrogen-bond acceptors (Lipinski definition) is 5. The van der Waals surface area contributed by atoms with E-state index in [9.17, 15) is 13.2 Å². The second kappa shape index (κ2) is 6.75. The van der Waals surface area contributed by atoms with Gasteiger partial charge < -0.3 is 9.64 Å². The van der Waals surface area contributed by atoms with Crippen LogP contribution in [0.25, 0.3) is 0 Å². The van der Waals surface area contributed by atoms with Gasteiger partial charge in [-0.25, -0.2) is 8.42 Å². The highest BCUT2D eigenvalue weighted by atomic mass is 32.2. The van der Waals surface area contributed by atoms with Crippen molar-refractivity contribution in [3.8, 4) is 5.75 Å². The van der Waals surface area contributed by atoms with E-state index in [0.717, 1.165) is 5.56 Å². The van der Waals surface area contributed by atoms with Gasteiger partial charge >= 0.3 is 0 Å². The average molecular weight is 366 g/mol. The highest BCUT2D eigenvalue weighted by Gasteiger charge is 2.27. The summed E-state index contributed by atoms with van der Waals surface area (Å²) in [5.74, 6) is -0.169. The molecule has 136 valence electrons. The number of anilines is 1. The number of rotatable bonds is 5. The van der Waals surface area contributed by atoms with Crippen LogP contribution in [0.4, 0.5) is 5.69 Å². The fraction of sp³-hybridized carbons (Fsp3) is 0.375. The first-order valence-electron chi connectivity index (χ1n) is 7.51. The fourth-order valence-corrected chi connectivity index (χ4v) is 3.66. The van der Waals surface area contributed by atoms with Crippen LogP contribution in [-0.2, 0) is 17.1 Å². The van der Waals surface area contributed by atoms with Crippen LogP contribution in [0.1, 0.15) is 21.7 Å². The molecule has 0 unspecified atom stereocenters. The third-order valence-corrected chi connectivity index (χ3v) is 5.16. The minimum Gasteiger partial charge on any atom is -0.495 e. The molecule has 0 saturated carbocycles. The molecule has 1 aromatic heterocycles. The van der Waals surface area contributed by atoms with Crippen molar-refractivity contribution >= 4 is 21.6 Å². The largest absolute Gasteiger partial charge is 0.495 e. The summed E-state index contributed by atoms with van der Waals surface area (Å²) in [6.07, 6.45) is 0. The highest BCUT2D eigenvalue weighted by Crippen LogP contribution is 2.29. The van der Waals surface area contributed by atoms with Crippen molar-refractivity contribution in [3.63, 3.8) is 0 Å². The molecular formula is C16H22N4O4S. The summed E-state index contributed by atoms with van der Waals surface area (Å²) >= 11 is 0. The Bertz CT molecular complexity index is 916. The van der Waals surface area contributed by atoms with Crippen LogP contribution >= 0.6 is 0 Å². The van der Waals surface area contributed by atoms with E-state index in [1.165, 1.54) is 22.8 Å². The molecule has 8 nitrogen and oxygen atoms in total. The van der Waals surface area contributed by atoms with Gasteiger partial charge in [0.1, 0.15) is 16.3 Å². The third-order valence-electron chi connectivity index (χ3n) is 3.79. The zero-order valence-electron chi connectivity index (χ0n) is 15.1. The first kappa shape index (κ1) is 18.8. The summed E-state index contributed by atoms with van der Waals surface area (Å²) in [6, 6.07) is 4.86. The molecule has 2 rings (SSSR count). The summed E-state index contributed by atoms with van der Waals surface area (Å²) in [7, 11) is 2.24. The maximum atomic E-state index is 12.9. The molecule has 1 heterocycles. The van der Waals surface area contributed by atoms with Crippen LogP contribution < -0.4 is 9.46 Å². The molecule has 1 N–H and O–H groups in total. The minimum atomic E-state index is -3.97. The van der Waals surface area contributed by atoms with Crippen molar-refractivity contribution in [2.24, 2.45) is 7.05 Å². The summed E-state index contributed by atoms with van der Waals surface area (Å²) < 4.78 is 34.9. The van der Waals surface area contributed by atoms with Crippen molar-refractivity contribution in [1.29, 1.82) is 0 Å². The Balaban J connectivity index is 2.56. The van der Waals surface area contributed by atoms with E-state index in [1.54, 1.807) is 47.1 Å². The van der Waals surface area contributed by atoms with Crippen molar-refractivity contribution in [2.45, 2.75) is 18.7 Å². The summed E-state index contributed by atoms with van der Waals surface area (Å²) in [5, 5.41) is 4.14. The van der Waals surface area contributed by atoms with E-state index in [-0.39, 0.29) is 22.0 Å². The Hall–Kier alpha value is -2.55. The lowest BCUT2D eigenvalue weighted by molar-refractivity contribution is 0.0822. The lowest BCUT2D eigenvalue weighted by Crippen LogP contribution is -2.24. The molecule has 0 radical (unpaired) electrons. The number of ether oxygens (including phenoxy) is 1. The Kier molecular flexibility index (Phi) is 5.07. The number of nitrogens with zero attached hydrogens (tertiary/aromatic N) is 3. The first-order valence-corrected chi connectivity index (χ1v) is 8.99. The first-order chi connectivity index (χ1) is 11.6. The van der Waals surface area contributed by atoms with E-state index in [0.29, 0.717) is 5.69 Å². The number of carbonyl (C=O) groups excluding carboxylic acids is 1. The van der Waals surface area contributed by atoms with Gasteiger partial charge in [-0.3, -0.25) is 14.2 Å². The number of methoxy groups -OCH3 is 1. The van der Waals surface area contributed by atoms with Crippen LogP contribution in [0, 0.1) is 13.8 Å². The molecule has 0 bridgehead atoms. The van der Waals surface area contributed by atoms with Crippen LogP contribution in [0.3, 0.4) is 0 Å². The second-order valence-electron chi connectivity index (χ2n) is 5.89. The molecule has 9 heteroatoms. The molecule has 0 spiro atoms. The molecule has 25 heavy (non-hydrogen) atoms. The minimum absolute atomic E-state index is 0.00139. The van der Waals surface area contributed by atoms with Gasteiger partial charge in [-0.1, -0.05) is 6.07 Å². The van der Waals surface area contributed by atoms with E-state index in [1.807, 2.05) is 0 Å². The van der Waals surface area contributed by atoms with E-state index in [4.69, 9.17) is 4.74 Å². The molecule has 0 atom stereocenters. The van der Waals surface area contributed by atoms with Crippen molar-refractivity contribution in [1.82, 2.24) is 14.7 Å². The van der Waals surface area contributed by atoms with Crippen molar-refractivity contribution in [3.05, 3.63) is 35.2 Å². The quantitative estimate of drug-likeness (QED) is 0.866. The molecular weight excluding hydrogens is 344 g/mol. The molecule has 0 saturated heterocycles. The predicted octanol–water partition coefficient (Wildman–Crippen LogP) is 1.55. The van der Waals surface area contributed by atoms with E-state index in [2.05, 4.69) is 9.82 Å². The lowest BCUT2D eigenvalue weighted by atomic mass is 10.2. The van der Waals surface area contributed by atoms with E-state index < -0.39 is 15.9 Å². The number of aryl methyl sites for hydroxylation is 2.